The van der Waals surface area contributed by atoms with Crippen LogP contribution in [0.1, 0.15) is 12.8 Å². The lowest BCUT2D eigenvalue weighted by Crippen LogP contribution is -2.09. The highest BCUT2D eigenvalue weighted by atomic mass is 35.5. The second-order valence-corrected chi connectivity index (χ2v) is 6.59. The van der Waals surface area contributed by atoms with E-state index in [1.54, 1.807) is 0 Å². The first-order valence-electron chi connectivity index (χ1n) is 5.11. The molecule has 7 heteroatoms. The van der Waals surface area contributed by atoms with Gasteiger partial charge in [0.05, 0.1) is 17.8 Å². The van der Waals surface area contributed by atoms with Gasteiger partial charge in [-0.2, -0.15) is 0 Å². The molecule has 0 aliphatic rings. The third-order valence-corrected chi connectivity index (χ3v) is 4.43. The Hall–Kier alpha value is -0.780. The van der Waals surface area contributed by atoms with E-state index < -0.39 is 15.8 Å². The number of methoxy groups -OCH3 is 1. The molecule has 1 aromatic rings. The van der Waals surface area contributed by atoms with Gasteiger partial charge in [-0.1, -0.05) is 23.2 Å². The number of hydrogen-bond acceptors (Lipinski definition) is 4. The third-order valence-electron chi connectivity index (χ3n) is 2.22. The van der Waals surface area contributed by atoms with Crippen LogP contribution in [0.25, 0.3) is 0 Å². The van der Waals surface area contributed by atoms with Crippen LogP contribution < -0.4 is 0 Å². The Morgan fingerprint density at radius 2 is 1.78 bits per heavy atom. The van der Waals surface area contributed by atoms with E-state index in [9.17, 15) is 13.2 Å². The van der Waals surface area contributed by atoms with Crippen molar-refractivity contribution in [3.8, 4) is 0 Å². The molecule has 100 valence electrons. The summed E-state index contributed by atoms with van der Waals surface area (Å²) in [6.07, 6.45) is 0.253. The molecule has 0 bridgehead atoms. The van der Waals surface area contributed by atoms with Crippen LogP contribution in [0.5, 0.6) is 0 Å². The fourth-order valence-electron chi connectivity index (χ4n) is 1.33. The van der Waals surface area contributed by atoms with E-state index >= 15 is 0 Å². The first kappa shape index (κ1) is 15.3. The summed E-state index contributed by atoms with van der Waals surface area (Å²) in [7, 11) is -2.23. The normalized spacial score (nSPS) is 11.3. The minimum atomic E-state index is -3.49. The molecule has 0 amide bonds. The monoisotopic (exact) mass is 310 g/mol. The fourth-order valence-corrected chi connectivity index (χ4v) is 3.36. The number of carbonyl (C=O) groups excluding carboxylic acids is 1. The lowest BCUT2D eigenvalue weighted by Gasteiger charge is -2.05. The summed E-state index contributed by atoms with van der Waals surface area (Å²) in [6.45, 7) is 0. The SMILES string of the molecule is COC(=O)CCCS(=O)(=O)c1cc(Cl)cc(Cl)c1. The predicted molar refractivity (Wildman–Crippen MR) is 69.8 cm³/mol. The van der Waals surface area contributed by atoms with Crippen molar-refractivity contribution in [3.05, 3.63) is 28.2 Å². The minimum absolute atomic E-state index is 0.0596. The van der Waals surface area contributed by atoms with E-state index in [4.69, 9.17) is 23.2 Å². The van der Waals surface area contributed by atoms with Crippen molar-refractivity contribution < 1.29 is 17.9 Å². The van der Waals surface area contributed by atoms with E-state index in [0.717, 1.165) is 0 Å². The largest absolute Gasteiger partial charge is 0.469 e. The average Bonchev–Trinajstić information content (AvgIpc) is 2.27. The average molecular weight is 311 g/mol. The maximum atomic E-state index is 11.9. The molecule has 1 aromatic carbocycles. The summed E-state index contributed by atoms with van der Waals surface area (Å²) >= 11 is 11.5. The predicted octanol–water partition coefficient (Wildman–Crippen LogP) is 2.72. The Bertz CT molecular complexity index is 520. The molecule has 0 aliphatic heterocycles. The van der Waals surface area contributed by atoms with Crippen molar-refractivity contribution in [2.45, 2.75) is 17.7 Å². The topological polar surface area (TPSA) is 60.4 Å². The van der Waals surface area contributed by atoms with Gasteiger partial charge in [0, 0.05) is 16.5 Å². The third kappa shape index (κ3) is 4.48. The summed E-state index contributed by atoms with van der Waals surface area (Å²) in [5.41, 5.74) is 0. The number of ether oxygens (including phenoxy) is 1. The van der Waals surface area contributed by atoms with Crippen LogP contribution in [0.15, 0.2) is 23.1 Å². The maximum absolute atomic E-state index is 11.9. The summed E-state index contributed by atoms with van der Waals surface area (Å²) < 4.78 is 28.3. The standard InChI is InChI=1S/C11H12Cl2O4S/c1-17-11(14)3-2-4-18(15,16)10-6-8(12)5-9(13)7-10/h5-7H,2-4H2,1H3. The molecule has 0 N–H and O–H groups in total. The number of hydrogen-bond donors (Lipinski definition) is 0. The van der Waals surface area contributed by atoms with Gasteiger partial charge in [0.2, 0.25) is 0 Å². The summed E-state index contributed by atoms with van der Waals surface area (Å²) in [5.74, 6) is -0.590. The van der Waals surface area contributed by atoms with E-state index in [1.807, 2.05) is 0 Å². The van der Waals surface area contributed by atoms with E-state index in [2.05, 4.69) is 4.74 Å². The van der Waals surface area contributed by atoms with Crippen LogP contribution in [0, 0.1) is 0 Å². The Morgan fingerprint density at radius 3 is 2.28 bits per heavy atom. The van der Waals surface area contributed by atoms with Crippen molar-refractivity contribution in [1.29, 1.82) is 0 Å². The molecule has 0 saturated carbocycles. The van der Waals surface area contributed by atoms with Gasteiger partial charge >= 0.3 is 5.97 Å². The smallest absolute Gasteiger partial charge is 0.305 e. The van der Waals surface area contributed by atoms with Crippen molar-refractivity contribution in [2.75, 3.05) is 12.9 Å². The van der Waals surface area contributed by atoms with Crippen molar-refractivity contribution in [2.24, 2.45) is 0 Å². The van der Waals surface area contributed by atoms with E-state index in [-0.39, 0.29) is 33.5 Å². The number of esters is 1. The van der Waals surface area contributed by atoms with Gasteiger partial charge in [-0.25, -0.2) is 8.42 Å². The van der Waals surface area contributed by atoms with Gasteiger partial charge in [-0.05, 0) is 24.6 Å². The second kappa shape index (κ2) is 6.41. The molecule has 4 nitrogen and oxygen atoms in total. The summed E-state index contributed by atoms with van der Waals surface area (Å²) in [4.78, 5) is 10.9. The number of sulfone groups is 1. The van der Waals surface area contributed by atoms with Crippen LogP contribution in [0.4, 0.5) is 0 Å². The van der Waals surface area contributed by atoms with Crippen LogP contribution in [0.3, 0.4) is 0 Å². The highest BCUT2D eigenvalue weighted by Gasteiger charge is 2.16. The molecular formula is C11H12Cl2O4S. The lowest BCUT2D eigenvalue weighted by atomic mass is 10.3. The first-order chi connectivity index (χ1) is 8.35. The van der Waals surface area contributed by atoms with Gasteiger partial charge < -0.3 is 4.74 Å². The number of carbonyl (C=O) groups is 1. The van der Waals surface area contributed by atoms with E-state index in [1.165, 1.54) is 25.3 Å². The highest BCUT2D eigenvalue weighted by molar-refractivity contribution is 7.91. The molecular weight excluding hydrogens is 299 g/mol. The second-order valence-electron chi connectivity index (χ2n) is 3.60. The lowest BCUT2D eigenvalue weighted by molar-refractivity contribution is -0.140. The Kier molecular flexibility index (Phi) is 5.44. The number of benzene rings is 1. The molecule has 0 saturated heterocycles. The fraction of sp³-hybridized carbons (Fsp3) is 0.364. The van der Waals surface area contributed by atoms with Gasteiger partial charge in [0.25, 0.3) is 0 Å². The van der Waals surface area contributed by atoms with Crippen molar-refractivity contribution in [3.63, 3.8) is 0 Å². The van der Waals surface area contributed by atoms with Crippen LogP contribution >= 0.6 is 23.2 Å². The Labute approximate surface area is 116 Å². The summed E-state index contributed by atoms with van der Waals surface area (Å²) in [5, 5.41) is 0.517. The van der Waals surface area contributed by atoms with Gasteiger partial charge in [0.15, 0.2) is 9.84 Å². The van der Waals surface area contributed by atoms with E-state index in [0.29, 0.717) is 0 Å². The number of rotatable bonds is 5. The summed E-state index contributed by atoms with van der Waals surface area (Å²) in [6, 6.07) is 4.12. The van der Waals surface area contributed by atoms with Gasteiger partial charge in [-0.15, -0.1) is 0 Å². The zero-order valence-corrected chi connectivity index (χ0v) is 12.0. The molecule has 0 aromatic heterocycles. The zero-order chi connectivity index (χ0) is 13.8. The molecule has 0 radical (unpaired) electrons. The molecule has 0 heterocycles. The van der Waals surface area contributed by atoms with Crippen LogP contribution in [-0.4, -0.2) is 27.2 Å². The van der Waals surface area contributed by atoms with Gasteiger partial charge in [-0.3, -0.25) is 4.79 Å². The molecule has 18 heavy (non-hydrogen) atoms. The quantitative estimate of drug-likeness (QED) is 0.785. The van der Waals surface area contributed by atoms with Crippen LogP contribution in [-0.2, 0) is 19.4 Å². The van der Waals surface area contributed by atoms with Crippen molar-refractivity contribution in [1.82, 2.24) is 0 Å². The number of halogens is 2. The molecule has 0 atom stereocenters. The first-order valence-corrected chi connectivity index (χ1v) is 7.51. The minimum Gasteiger partial charge on any atom is -0.469 e. The highest BCUT2D eigenvalue weighted by Crippen LogP contribution is 2.23. The zero-order valence-electron chi connectivity index (χ0n) is 9.65. The van der Waals surface area contributed by atoms with Gasteiger partial charge in [0.1, 0.15) is 0 Å². The molecule has 0 unspecified atom stereocenters. The van der Waals surface area contributed by atoms with Crippen LogP contribution in [0.2, 0.25) is 10.0 Å². The molecule has 0 spiro atoms. The molecule has 0 aliphatic carbocycles. The Morgan fingerprint density at radius 1 is 1.22 bits per heavy atom. The van der Waals surface area contributed by atoms with Crippen molar-refractivity contribution >= 4 is 39.0 Å². The molecule has 0 fully saturated rings. The maximum Gasteiger partial charge on any atom is 0.305 e. The molecule has 1 rings (SSSR count). The Balaban J connectivity index is 2.77.